The fourth-order valence-electron chi connectivity index (χ4n) is 4.49. The number of benzene rings is 2. The van der Waals surface area contributed by atoms with Crippen LogP contribution in [0.1, 0.15) is 36.5 Å². The Kier molecular flexibility index (Phi) is 4.94. The topological polar surface area (TPSA) is 58.6 Å². The molecule has 2 amide bonds. The minimum Gasteiger partial charge on any atom is -0.375 e. The summed E-state index contributed by atoms with van der Waals surface area (Å²) < 4.78 is 4.97. The summed E-state index contributed by atoms with van der Waals surface area (Å²) in [5.74, 6) is -0.00530. The van der Waals surface area contributed by atoms with Crippen molar-refractivity contribution >= 4 is 23.2 Å². The molecule has 2 aromatic rings. The van der Waals surface area contributed by atoms with Crippen molar-refractivity contribution in [3.63, 3.8) is 0 Å². The van der Waals surface area contributed by atoms with Crippen molar-refractivity contribution < 1.29 is 14.3 Å². The first-order chi connectivity index (χ1) is 13.5. The number of rotatable bonds is 4. The first kappa shape index (κ1) is 18.7. The summed E-state index contributed by atoms with van der Waals surface area (Å²) in [5.41, 5.74) is 4.66. The van der Waals surface area contributed by atoms with Gasteiger partial charge in [-0.2, -0.15) is 0 Å². The van der Waals surface area contributed by atoms with Crippen molar-refractivity contribution in [3.05, 3.63) is 59.2 Å². The molecular weight excluding hydrogens is 352 g/mol. The SMILES string of the molecule is COCC(=O)N1CCc2cc(NC(=O)C3(C)CCCc4ccccc43)ccc21. The van der Waals surface area contributed by atoms with E-state index < -0.39 is 5.41 Å². The summed E-state index contributed by atoms with van der Waals surface area (Å²) >= 11 is 0. The van der Waals surface area contributed by atoms with Crippen LogP contribution in [0.2, 0.25) is 0 Å². The van der Waals surface area contributed by atoms with Crippen LogP contribution >= 0.6 is 0 Å². The van der Waals surface area contributed by atoms with Crippen LogP contribution in [0.25, 0.3) is 0 Å². The molecule has 5 heteroatoms. The number of hydrogen-bond acceptors (Lipinski definition) is 3. The van der Waals surface area contributed by atoms with Gasteiger partial charge in [-0.1, -0.05) is 24.3 Å². The van der Waals surface area contributed by atoms with Gasteiger partial charge < -0.3 is 15.0 Å². The molecule has 1 atom stereocenters. The van der Waals surface area contributed by atoms with Gasteiger partial charge in [0.15, 0.2) is 0 Å². The molecule has 4 rings (SSSR count). The minimum absolute atomic E-state index is 0.0323. The molecule has 0 saturated heterocycles. The van der Waals surface area contributed by atoms with Crippen molar-refractivity contribution in [2.24, 2.45) is 0 Å². The van der Waals surface area contributed by atoms with E-state index in [0.717, 1.165) is 48.2 Å². The number of nitrogens with zero attached hydrogens (tertiary/aromatic N) is 1. The number of fused-ring (bicyclic) bond motifs is 2. The average Bonchev–Trinajstić information content (AvgIpc) is 3.12. The van der Waals surface area contributed by atoms with Gasteiger partial charge in [-0.15, -0.1) is 0 Å². The standard InChI is InChI=1S/C23H26N2O3/c1-23(12-5-7-16-6-3-4-8-19(16)23)22(27)24-18-9-10-20-17(14-18)11-13-25(20)21(26)15-28-2/h3-4,6,8-10,14H,5,7,11-13,15H2,1-2H3,(H,24,27). The van der Waals surface area contributed by atoms with Crippen molar-refractivity contribution in [2.75, 3.05) is 30.5 Å². The average molecular weight is 378 g/mol. The Labute approximate surface area is 165 Å². The minimum atomic E-state index is -0.520. The lowest BCUT2D eigenvalue weighted by molar-refractivity contribution is -0.122. The lowest BCUT2D eigenvalue weighted by Crippen LogP contribution is -2.40. The summed E-state index contributed by atoms with van der Waals surface area (Å²) in [6, 6.07) is 14.1. The third kappa shape index (κ3) is 3.20. The highest BCUT2D eigenvalue weighted by Crippen LogP contribution is 2.38. The van der Waals surface area contributed by atoms with E-state index in [0.29, 0.717) is 6.54 Å². The summed E-state index contributed by atoms with van der Waals surface area (Å²) in [7, 11) is 1.53. The highest BCUT2D eigenvalue weighted by atomic mass is 16.5. The van der Waals surface area contributed by atoms with E-state index in [1.165, 1.54) is 12.7 Å². The molecule has 0 radical (unpaired) electrons. The van der Waals surface area contributed by atoms with E-state index in [2.05, 4.69) is 17.4 Å². The Morgan fingerprint density at radius 1 is 1.14 bits per heavy atom. The van der Waals surface area contributed by atoms with Crippen molar-refractivity contribution in [2.45, 2.75) is 38.0 Å². The molecule has 0 saturated carbocycles. The number of carbonyl (C=O) groups excluding carboxylic acids is 2. The van der Waals surface area contributed by atoms with E-state index in [-0.39, 0.29) is 18.4 Å². The highest BCUT2D eigenvalue weighted by molar-refractivity contribution is 6.00. The summed E-state index contributed by atoms with van der Waals surface area (Å²) in [4.78, 5) is 27.1. The van der Waals surface area contributed by atoms with Crippen LogP contribution < -0.4 is 10.2 Å². The molecule has 0 spiro atoms. The zero-order valence-electron chi connectivity index (χ0n) is 16.5. The lowest BCUT2D eigenvalue weighted by atomic mass is 9.70. The number of anilines is 2. The van der Waals surface area contributed by atoms with E-state index in [1.807, 2.05) is 37.3 Å². The Bertz CT molecular complexity index is 924. The quantitative estimate of drug-likeness (QED) is 0.886. The number of carbonyl (C=O) groups is 2. The Hall–Kier alpha value is -2.66. The maximum Gasteiger partial charge on any atom is 0.252 e. The molecule has 1 aliphatic heterocycles. The molecule has 2 aliphatic rings. The van der Waals surface area contributed by atoms with Crippen LogP contribution in [0.15, 0.2) is 42.5 Å². The van der Waals surface area contributed by atoms with Gasteiger partial charge in [0.2, 0.25) is 5.91 Å². The molecule has 2 aromatic carbocycles. The number of aryl methyl sites for hydroxylation is 1. The monoisotopic (exact) mass is 378 g/mol. The second-order valence-electron chi connectivity index (χ2n) is 7.87. The third-order valence-electron chi connectivity index (χ3n) is 6.04. The normalized spacial score (nSPS) is 20.4. The molecule has 1 aliphatic carbocycles. The predicted molar refractivity (Wildman–Crippen MR) is 110 cm³/mol. The summed E-state index contributed by atoms with van der Waals surface area (Å²) in [5, 5.41) is 3.12. The zero-order valence-corrected chi connectivity index (χ0v) is 16.5. The van der Waals surface area contributed by atoms with Gasteiger partial charge in [-0.3, -0.25) is 9.59 Å². The van der Waals surface area contributed by atoms with Gasteiger partial charge >= 0.3 is 0 Å². The summed E-state index contributed by atoms with van der Waals surface area (Å²) in [6.45, 7) is 2.77. The van der Waals surface area contributed by atoms with Crippen LogP contribution in [0.3, 0.4) is 0 Å². The maximum absolute atomic E-state index is 13.2. The lowest BCUT2D eigenvalue weighted by Gasteiger charge is -2.34. The van der Waals surface area contributed by atoms with Crippen molar-refractivity contribution in [3.8, 4) is 0 Å². The van der Waals surface area contributed by atoms with Gasteiger partial charge in [-0.25, -0.2) is 0 Å². The van der Waals surface area contributed by atoms with Crippen molar-refractivity contribution in [1.29, 1.82) is 0 Å². The first-order valence-corrected chi connectivity index (χ1v) is 9.85. The van der Waals surface area contributed by atoms with E-state index in [9.17, 15) is 9.59 Å². The molecule has 1 heterocycles. The maximum atomic E-state index is 13.2. The predicted octanol–water partition coefficient (Wildman–Crippen LogP) is 3.45. The fourth-order valence-corrected chi connectivity index (χ4v) is 4.49. The van der Waals surface area contributed by atoms with Crippen LogP contribution in [0.4, 0.5) is 11.4 Å². The smallest absolute Gasteiger partial charge is 0.252 e. The molecule has 0 bridgehead atoms. The zero-order chi connectivity index (χ0) is 19.7. The van der Waals surface area contributed by atoms with Gasteiger partial charge in [0.25, 0.3) is 5.91 Å². The van der Waals surface area contributed by atoms with Crippen LogP contribution in [0, 0.1) is 0 Å². The highest BCUT2D eigenvalue weighted by Gasteiger charge is 2.38. The number of methoxy groups -OCH3 is 1. The molecular formula is C23H26N2O3. The molecule has 0 aromatic heterocycles. The largest absolute Gasteiger partial charge is 0.375 e. The molecule has 5 nitrogen and oxygen atoms in total. The fraction of sp³-hybridized carbons (Fsp3) is 0.391. The van der Waals surface area contributed by atoms with Crippen LogP contribution in [-0.4, -0.2) is 32.1 Å². The van der Waals surface area contributed by atoms with Crippen LogP contribution in [-0.2, 0) is 32.6 Å². The van der Waals surface area contributed by atoms with Gasteiger partial charge in [0.1, 0.15) is 6.61 Å². The first-order valence-electron chi connectivity index (χ1n) is 9.85. The van der Waals surface area contributed by atoms with E-state index >= 15 is 0 Å². The number of hydrogen-bond donors (Lipinski definition) is 1. The second kappa shape index (κ2) is 7.40. The van der Waals surface area contributed by atoms with Gasteiger partial charge in [-0.05, 0) is 67.5 Å². The van der Waals surface area contributed by atoms with Crippen molar-refractivity contribution in [1.82, 2.24) is 0 Å². The number of ether oxygens (including phenoxy) is 1. The molecule has 1 N–H and O–H groups in total. The van der Waals surface area contributed by atoms with E-state index in [4.69, 9.17) is 4.74 Å². The third-order valence-corrected chi connectivity index (χ3v) is 6.04. The number of nitrogens with one attached hydrogen (secondary N) is 1. The Morgan fingerprint density at radius 2 is 1.96 bits per heavy atom. The van der Waals surface area contributed by atoms with Gasteiger partial charge in [0, 0.05) is 25.0 Å². The number of amides is 2. The Morgan fingerprint density at radius 3 is 2.79 bits per heavy atom. The second-order valence-corrected chi connectivity index (χ2v) is 7.87. The molecule has 1 unspecified atom stereocenters. The van der Waals surface area contributed by atoms with Crippen LogP contribution in [0.5, 0.6) is 0 Å². The molecule has 28 heavy (non-hydrogen) atoms. The van der Waals surface area contributed by atoms with E-state index in [1.54, 1.807) is 4.90 Å². The molecule has 146 valence electrons. The molecule has 0 fully saturated rings. The van der Waals surface area contributed by atoms with Gasteiger partial charge in [0.05, 0.1) is 5.41 Å². The summed E-state index contributed by atoms with van der Waals surface area (Å²) in [6.07, 6.45) is 3.68. The Balaban J connectivity index is 1.55.